The van der Waals surface area contributed by atoms with E-state index >= 15 is 0 Å². The molecular formula is C21H28N2O4S2. The maximum absolute atomic E-state index is 12.4. The van der Waals surface area contributed by atoms with E-state index in [2.05, 4.69) is 22.4 Å². The van der Waals surface area contributed by atoms with E-state index in [9.17, 15) is 13.2 Å². The number of carbonyl (C=O) groups is 1. The third kappa shape index (κ3) is 6.83. The molecule has 1 fully saturated rings. The molecule has 0 saturated carbocycles. The predicted molar refractivity (Wildman–Crippen MR) is 115 cm³/mol. The first kappa shape index (κ1) is 21.8. The van der Waals surface area contributed by atoms with E-state index in [0.717, 1.165) is 39.1 Å². The van der Waals surface area contributed by atoms with Crippen LogP contribution in [0.15, 0.2) is 46.7 Å². The molecule has 29 heavy (non-hydrogen) atoms. The van der Waals surface area contributed by atoms with Gasteiger partial charge in [0, 0.05) is 50.3 Å². The Labute approximate surface area is 177 Å². The minimum Gasteiger partial charge on any atom is -0.494 e. The molecule has 1 aromatic heterocycles. The highest BCUT2D eigenvalue weighted by molar-refractivity contribution is 7.90. The fourth-order valence-electron chi connectivity index (χ4n) is 3.30. The van der Waals surface area contributed by atoms with Gasteiger partial charge in [0.05, 0.1) is 11.5 Å². The van der Waals surface area contributed by atoms with Gasteiger partial charge in [0.25, 0.3) is 0 Å². The van der Waals surface area contributed by atoms with Gasteiger partial charge in [-0.25, -0.2) is 8.42 Å². The Hall–Kier alpha value is -1.90. The number of amides is 1. The number of sulfone groups is 1. The molecule has 1 aromatic carbocycles. The second kappa shape index (κ2) is 10.2. The number of rotatable bonds is 9. The van der Waals surface area contributed by atoms with Crippen molar-refractivity contribution in [2.45, 2.75) is 24.2 Å². The molecule has 0 bridgehead atoms. The van der Waals surface area contributed by atoms with Crippen LogP contribution in [0.5, 0.6) is 5.75 Å². The average Bonchev–Trinajstić information content (AvgIpc) is 3.23. The Morgan fingerprint density at radius 2 is 1.83 bits per heavy atom. The topological polar surface area (TPSA) is 66.9 Å². The lowest BCUT2D eigenvalue weighted by Crippen LogP contribution is -2.49. The normalized spacial score (nSPS) is 15.4. The van der Waals surface area contributed by atoms with Crippen molar-refractivity contribution in [2.24, 2.45) is 0 Å². The first-order valence-electron chi connectivity index (χ1n) is 9.87. The molecule has 3 rings (SSSR count). The van der Waals surface area contributed by atoms with Gasteiger partial charge in [0.2, 0.25) is 5.91 Å². The number of benzene rings is 1. The summed E-state index contributed by atoms with van der Waals surface area (Å²) >= 11 is 1.80. The van der Waals surface area contributed by atoms with Gasteiger partial charge in [-0.15, -0.1) is 11.3 Å². The van der Waals surface area contributed by atoms with Crippen molar-refractivity contribution < 1.29 is 17.9 Å². The molecule has 6 nitrogen and oxygen atoms in total. The van der Waals surface area contributed by atoms with E-state index in [1.165, 1.54) is 23.3 Å². The maximum Gasteiger partial charge on any atom is 0.222 e. The van der Waals surface area contributed by atoms with Crippen LogP contribution in [-0.2, 0) is 21.1 Å². The molecule has 0 unspecified atom stereocenters. The second-order valence-corrected chi connectivity index (χ2v) is 10.3. The van der Waals surface area contributed by atoms with Crippen LogP contribution in [0.3, 0.4) is 0 Å². The van der Waals surface area contributed by atoms with Crippen LogP contribution < -0.4 is 4.74 Å². The summed E-state index contributed by atoms with van der Waals surface area (Å²) in [6, 6.07) is 10.6. The highest BCUT2D eigenvalue weighted by Gasteiger charge is 2.20. The van der Waals surface area contributed by atoms with Gasteiger partial charge in [-0.2, -0.15) is 0 Å². The van der Waals surface area contributed by atoms with Gasteiger partial charge in [-0.3, -0.25) is 9.69 Å². The van der Waals surface area contributed by atoms with Gasteiger partial charge in [0.15, 0.2) is 9.84 Å². The lowest BCUT2D eigenvalue weighted by molar-refractivity contribution is -0.133. The van der Waals surface area contributed by atoms with Gasteiger partial charge >= 0.3 is 0 Å². The molecule has 0 radical (unpaired) electrons. The van der Waals surface area contributed by atoms with Gasteiger partial charge < -0.3 is 9.64 Å². The molecule has 0 atom stereocenters. The third-order valence-electron chi connectivity index (χ3n) is 5.04. The Morgan fingerprint density at radius 1 is 1.10 bits per heavy atom. The first-order valence-corrected chi connectivity index (χ1v) is 12.6. The van der Waals surface area contributed by atoms with Crippen LogP contribution in [0.2, 0.25) is 0 Å². The summed E-state index contributed by atoms with van der Waals surface area (Å²) in [6.45, 7) is 4.92. The van der Waals surface area contributed by atoms with Gasteiger partial charge in [-0.1, -0.05) is 6.07 Å². The molecule has 0 N–H and O–H groups in total. The van der Waals surface area contributed by atoms with E-state index in [0.29, 0.717) is 25.2 Å². The van der Waals surface area contributed by atoms with Crippen molar-refractivity contribution in [2.75, 3.05) is 45.6 Å². The van der Waals surface area contributed by atoms with E-state index in [4.69, 9.17) is 4.74 Å². The quantitative estimate of drug-likeness (QED) is 0.566. The van der Waals surface area contributed by atoms with Crippen molar-refractivity contribution in [3.63, 3.8) is 0 Å². The SMILES string of the molecule is CS(=O)(=O)c1ccc(OCCCC(=O)N2CCN(CCc3cccs3)CC2)cc1. The van der Waals surface area contributed by atoms with Crippen molar-refractivity contribution >= 4 is 27.1 Å². The summed E-state index contributed by atoms with van der Waals surface area (Å²) in [5.41, 5.74) is 0. The summed E-state index contributed by atoms with van der Waals surface area (Å²) in [4.78, 5) is 18.5. The number of carbonyl (C=O) groups excluding carboxylic acids is 1. The lowest BCUT2D eigenvalue weighted by Gasteiger charge is -2.34. The standard InChI is InChI=1S/C21H28N2O4S2/c1-29(25,26)20-8-6-18(7-9-20)27-16-2-5-21(24)23-14-12-22(13-15-23)11-10-19-4-3-17-28-19/h3-4,6-9,17H,2,5,10-16H2,1H3. The fourth-order valence-corrected chi connectivity index (χ4v) is 4.63. The van der Waals surface area contributed by atoms with Crippen molar-refractivity contribution in [1.29, 1.82) is 0 Å². The van der Waals surface area contributed by atoms with Crippen LogP contribution in [0, 0.1) is 0 Å². The van der Waals surface area contributed by atoms with Crippen molar-refractivity contribution in [1.82, 2.24) is 9.80 Å². The highest BCUT2D eigenvalue weighted by atomic mass is 32.2. The largest absolute Gasteiger partial charge is 0.494 e. The molecule has 1 aliphatic rings. The fraction of sp³-hybridized carbons (Fsp3) is 0.476. The Balaban J connectivity index is 1.31. The molecule has 2 heterocycles. The van der Waals surface area contributed by atoms with Crippen molar-refractivity contribution in [3.8, 4) is 5.75 Å². The minimum atomic E-state index is -3.20. The van der Waals surface area contributed by atoms with Crippen LogP contribution in [0.4, 0.5) is 0 Å². The van der Waals surface area contributed by atoms with Crippen LogP contribution >= 0.6 is 11.3 Å². The van der Waals surface area contributed by atoms with Crippen molar-refractivity contribution in [3.05, 3.63) is 46.7 Å². The Kier molecular flexibility index (Phi) is 7.69. The number of nitrogens with zero attached hydrogens (tertiary/aromatic N) is 2. The summed E-state index contributed by atoms with van der Waals surface area (Å²) < 4.78 is 28.5. The van der Waals surface area contributed by atoms with E-state index < -0.39 is 9.84 Å². The maximum atomic E-state index is 12.4. The monoisotopic (exact) mass is 436 g/mol. The summed E-state index contributed by atoms with van der Waals surface area (Å²) in [5.74, 6) is 0.795. The van der Waals surface area contributed by atoms with E-state index in [-0.39, 0.29) is 10.8 Å². The molecule has 0 spiro atoms. The highest BCUT2D eigenvalue weighted by Crippen LogP contribution is 2.16. The zero-order chi connectivity index (χ0) is 20.7. The molecule has 1 amide bonds. The van der Waals surface area contributed by atoms with Crippen LogP contribution in [-0.4, -0.2) is 69.7 Å². The molecular weight excluding hydrogens is 408 g/mol. The number of hydrogen-bond acceptors (Lipinski definition) is 6. The van der Waals surface area contributed by atoms with E-state index in [1.807, 2.05) is 4.90 Å². The lowest BCUT2D eigenvalue weighted by atomic mass is 10.2. The number of ether oxygens (including phenoxy) is 1. The predicted octanol–water partition coefficient (Wildman–Crippen LogP) is 2.70. The number of piperazine rings is 1. The molecule has 0 aliphatic carbocycles. The van der Waals surface area contributed by atoms with Gasteiger partial charge in [-0.05, 0) is 48.6 Å². The molecule has 2 aromatic rings. The molecule has 8 heteroatoms. The average molecular weight is 437 g/mol. The van der Waals surface area contributed by atoms with Crippen LogP contribution in [0.1, 0.15) is 17.7 Å². The summed E-state index contributed by atoms with van der Waals surface area (Å²) in [5, 5.41) is 2.11. The molecule has 158 valence electrons. The number of thiophene rings is 1. The molecule has 1 saturated heterocycles. The minimum absolute atomic E-state index is 0.180. The Morgan fingerprint density at radius 3 is 2.45 bits per heavy atom. The number of hydrogen-bond donors (Lipinski definition) is 0. The van der Waals surface area contributed by atoms with Gasteiger partial charge in [0.1, 0.15) is 5.75 Å². The van der Waals surface area contributed by atoms with Crippen LogP contribution in [0.25, 0.3) is 0 Å². The third-order valence-corrected chi connectivity index (χ3v) is 7.10. The zero-order valence-corrected chi connectivity index (χ0v) is 18.4. The second-order valence-electron chi connectivity index (χ2n) is 7.25. The Bertz CT molecular complexity index is 872. The summed E-state index contributed by atoms with van der Waals surface area (Å²) in [6.07, 6.45) is 3.37. The first-order chi connectivity index (χ1) is 13.9. The zero-order valence-electron chi connectivity index (χ0n) is 16.7. The molecule has 1 aliphatic heterocycles. The van der Waals surface area contributed by atoms with E-state index in [1.54, 1.807) is 23.5 Å². The summed E-state index contributed by atoms with van der Waals surface area (Å²) in [7, 11) is -3.20. The smallest absolute Gasteiger partial charge is 0.222 e.